The minimum Gasteiger partial charge on any atom is -0.496 e. The number of halogens is 1. The molecular formula is C17H16BrN3O3S. The van der Waals surface area contributed by atoms with E-state index in [4.69, 9.17) is 17.0 Å². The minimum atomic E-state index is -0.395. The van der Waals surface area contributed by atoms with Crippen LogP contribution in [-0.4, -0.2) is 24.0 Å². The lowest BCUT2D eigenvalue weighted by Gasteiger charge is -2.12. The average Bonchev–Trinajstić information content (AvgIpc) is 2.54. The van der Waals surface area contributed by atoms with E-state index in [1.165, 1.54) is 14.0 Å². The molecule has 0 aliphatic rings. The molecule has 0 fully saturated rings. The standard InChI is InChI=1S/C17H16BrN3O3S/c1-10(22)19-12-4-3-5-13(9-12)20-17(25)21-16(23)14-8-11(18)6-7-15(14)24-2/h3-9H,1-2H3,(H,19,22)(H2,20,21,23,25). The molecule has 0 aliphatic heterocycles. The Morgan fingerprint density at radius 2 is 1.76 bits per heavy atom. The van der Waals surface area contributed by atoms with E-state index in [2.05, 4.69) is 31.9 Å². The number of hydrogen-bond donors (Lipinski definition) is 3. The van der Waals surface area contributed by atoms with Gasteiger partial charge in [0.05, 0.1) is 12.7 Å². The molecule has 0 unspecified atom stereocenters. The summed E-state index contributed by atoms with van der Waals surface area (Å²) in [5.74, 6) is -0.125. The van der Waals surface area contributed by atoms with Crippen molar-refractivity contribution in [3.8, 4) is 5.75 Å². The third-order valence-corrected chi connectivity index (χ3v) is 3.77. The summed E-state index contributed by atoms with van der Waals surface area (Å²) in [4.78, 5) is 23.5. The molecule has 0 atom stereocenters. The largest absolute Gasteiger partial charge is 0.496 e. The molecule has 25 heavy (non-hydrogen) atoms. The van der Waals surface area contributed by atoms with Crippen molar-refractivity contribution < 1.29 is 14.3 Å². The first-order valence-corrected chi connectivity index (χ1v) is 8.42. The van der Waals surface area contributed by atoms with Crippen molar-refractivity contribution in [2.24, 2.45) is 0 Å². The maximum absolute atomic E-state index is 12.4. The predicted molar refractivity (Wildman–Crippen MR) is 105 cm³/mol. The molecule has 3 N–H and O–H groups in total. The van der Waals surface area contributed by atoms with Gasteiger partial charge in [-0.15, -0.1) is 0 Å². The molecule has 6 nitrogen and oxygen atoms in total. The quantitative estimate of drug-likeness (QED) is 0.657. The van der Waals surface area contributed by atoms with Crippen molar-refractivity contribution in [2.45, 2.75) is 6.92 Å². The number of rotatable bonds is 4. The van der Waals surface area contributed by atoms with Gasteiger partial charge in [-0.1, -0.05) is 22.0 Å². The smallest absolute Gasteiger partial charge is 0.261 e. The summed E-state index contributed by atoms with van der Waals surface area (Å²) < 4.78 is 5.94. The molecule has 2 aromatic rings. The van der Waals surface area contributed by atoms with Gasteiger partial charge in [0.25, 0.3) is 5.91 Å². The second-order valence-corrected chi connectivity index (χ2v) is 6.34. The summed E-state index contributed by atoms with van der Waals surface area (Å²) in [5, 5.41) is 8.31. The molecule has 0 saturated carbocycles. The first-order chi connectivity index (χ1) is 11.9. The number of amides is 2. The van der Waals surface area contributed by atoms with Gasteiger partial charge in [-0.3, -0.25) is 14.9 Å². The highest BCUT2D eigenvalue weighted by Gasteiger charge is 2.14. The van der Waals surface area contributed by atoms with Gasteiger partial charge < -0.3 is 15.4 Å². The number of hydrogen-bond acceptors (Lipinski definition) is 4. The summed E-state index contributed by atoms with van der Waals surface area (Å²) in [6.07, 6.45) is 0. The molecule has 0 heterocycles. The SMILES string of the molecule is COc1ccc(Br)cc1C(=O)NC(=S)Nc1cccc(NC(C)=O)c1. The molecule has 0 bridgehead atoms. The van der Waals surface area contributed by atoms with E-state index in [0.717, 1.165) is 4.47 Å². The number of methoxy groups -OCH3 is 1. The van der Waals surface area contributed by atoms with Crippen molar-refractivity contribution in [3.05, 3.63) is 52.5 Å². The summed E-state index contributed by atoms with van der Waals surface area (Å²) in [6, 6.07) is 12.1. The minimum absolute atomic E-state index is 0.131. The maximum atomic E-state index is 12.4. The Morgan fingerprint density at radius 1 is 1.08 bits per heavy atom. The predicted octanol–water partition coefficient (Wildman–Crippen LogP) is 3.54. The molecule has 0 saturated heterocycles. The highest BCUT2D eigenvalue weighted by atomic mass is 79.9. The molecule has 8 heteroatoms. The van der Waals surface area contributed by atoms with Gasteiger partial charge in [0.15, 0.2) is 5.11 Å². The first-order valence-electron chi connectivity index (χ1n) is 7.22. The van der Waals surface area contributed by atoms with E-state index in [1.54, 1.807) is 42.5 Å². The number of thiocarbonyl (C=S) groups is 1. The van der Waals surface area contributed by atoms with E-state index < -0.39 is 5.91 Å². The zero-order valence-corrected chi connectivity index (χ0v) is 16.0. The Kier molecular flexibility index (Phi) is 6.49. The number of ether oxygens (including phenoxy) is 1. The second-order valence-electron chi connectivity index (χ2n) is 5.01. The number of benzene rings is 2. The van der Waals surface area contributed by atoms with Crippen LogP contribution < -0.4 is 20.7 Å². The van der Waals surface area contributed by atoms with Crippen LogP contribution in [0.1, 0.15) is 17.3 Å². The van der Waals surface area contributed by atoms with Gasteiger partial charge in [-0.05, 0) is 48.6 Å². The maximum Gasteiger partial charge on any atom is 0.261 e. The zero-order valence-electron chi connectivity index (χ0n) is 13.6. The summed E-state index contributed by atoms with van der Waals surface area (Å²) in [6.45, 7) is 1.43. The van der Waals surface area contributed by atoms with Crippen molar-refractivity contribution >= 4 is 56.4 Å². The number of carbonyl (C=O) groups is 2. The fraction of sp³-hybridized carbons (Fsp3) is 0.118. The van der Waals surface area contributed by atoms with Crippen molar-refractivity contribution in [1.82, 2.24) is 5.32 Å². The summed E-state index contributed by atoms with van der Waals surface area (Å²) in [7, 11) is 1.49. The molecule has 2 aromatic carbocycles. The lowest BCUT2D eigenvalue weighted by molar-refractivity contribution is -0.114. The lowest BCUT2D eigenvalue weighted by Crippen LogP contribution is -2.34. The van der Waals surface area contributed by atoms with E-state index in [0.29, 0.717) is 22.7 Å². The van der Waals surface area contributed by atoms with Gasteiger partial charge in [-0.2, -0.15) is 0 Å². The third-order valence-electron chi connectivity index (χ3n) is 3.07. The van der Waals surface area contributed by atoms with Crippen molar-refractivity contribution in [1.29, 1.82) is 0 Å². The molecule has 2 rings (SSSR count). The molecule has 130 valence electrons. The molecule has 0 radical (unpaired) electrons. The van der Waals surface area contributed by atoms with E-state index >= 15 is 0 Å². The van der Waals surface area contributed by atoms with Crippen LogP contribution in [0.5, 0.6) is 5.75 Å². The van der Waals surface area contributed by atoms with Crippen LogP contribution in [0.2, 0.25) is 0 Å². The first kappa shape index (κ1) is 18.9. The Hall–Kier alpha value is -2.45. The van der Waals surface area contributed by atoms with Crippen LogP contribution in [0, 0.1) is 0 Å². The number of carbonyl (C=O) groups excluding carboxylic acids is 2. The van der Waals surface area contributed by atoms with Gasteiger partial charge in [0, 0.05) is 22.8 Å². The average molecular weight is 422 g/mol. The van der Waals surface area contributed by atoms with Crippen LogP contribution in [0.25, 0.3) is 0 Å². The van der Waals surface area contributed by atoms with Gasteiger partial charge in [0.1, 0.15) is 5.75 Å². The van der Waals surface area contributed by atoms with E-state index in [1.807, 2.05) is 0 Å². The number of nitrogens with one attached hydrogen (secondary N) is 3. The highest BCUT2D eigenvalue weighted by molar-refractivity contribution is 9.10. The fourth-order valence-electron chi connectivity index (χ4n) is 2.07. The zero-order chi connectivity index (χ0) is 18.4. The topological polar surface area (TPSA) is 79.5 Å². The van der Waals surface area contributed by atoms with Crippen molar-refractivity contribution in [2.75, 3.05) is 17.7 Å². The Balaban J connectivity index is 2.06. The Morgan fingerprint density at radius 3 is 2.40 bits per heavy atom. The van der Waals surface area contributed by atoms with E-state index in [-0.39, 0.29) is 11.0 Å². The van der Waals surface area contributed by atoms with Gasteiger partial charge in [0.2, 0.25) is 5.91 Å². The summed E-state index contributed by atoms with van der Waals surface area (Å²) >= 11 is 8.50. The second kappa shape index (κ2) is 8.59. The Labute approximate surface area is 159 Å². The van der Waals surface area contributed by atoms with Crippen molar-refractivity contribution in [3.63, 3.8) is 0 Å². The normalized spacial score (nSPS) is 9.88. The van der Waals surface area contributed by atoms with Crippen LogP contribution in [0.4, 0.5) is 11.4 Å². The molecule has 0 spiro atoms. The molecule has 0 aliphatic carbocycles. The Bertz CT molecular complexity index is 827. The van der Waals surface area contributed by atoms with Crippen LogP contribution in [-0.2, 0) is 4.79 Å². The molecular weight excluding hydrogens is 406 g/mol. The number of anilines is 2. The van der Waals surface area contributed by atoms with Crippen LogP contribution in [0.3, 0.4) is 0 Å². The molecule has 2 amide bonds. The third kappa shape index (κ3) is 5.54. The fourth-order valence-corrected chi connectivity index (χ4v) is 2.64. The monoisotopic (exact) mass is 421 g/mol. The van der Waals surface area contributed by atoms with E-state index in [9.17, 15) is 9.59 Å². The van der Waals surface area contributed by atoms with Crippen LogP contribution >= 0.6 is 28.1 Å². The summed E-state index contributed by atoms with van der Waals surface area (Å²) in [5.41, 5.74) is 1.62. The highest BCUT2D eigenvalue weighted by Crippen LogP contribution is 2.23. The lowest BCUT2D eigenvalue weighted by atomic mass is 10.2. The van der Waals surface area contributed by atoms with Crippen LogP contribution in [0.15, 0.2) is 46.9 Å². The molecule has 0 aromatic heterocycles. The van der Waals surface area contributed by atoms with Gasteiger partial charge >= 0.3 is 0 Å². The van der Waals surface area contributed by atoms with Gasteiger partial charge in [-0.25, -0.2) is 0 Å².